The number of benzene rings is 1. The van der Waals surface area contributed by atoms with E-state index in [1.54, 1.807) is 35.1 Å². The van der Waals surface area contributed by atoms with E-state index in [-0.39, 0.29) is 12.4 Å². The summed E-state index contributed by atoms with van der Waals surface area (Å²) in [5.74, 6) is -0.449. The predicted molar refractivity (Wildman–Crippen MR) is 131 cm³/mol. The third kappa shape index (κ3) is 5.12. The van der Waals surface area contributed by atoms with Crippen molar-refractivity contribution in [1.82, 2.24) is 29.9 Å². The Hall–Kier alpha value is -4.85. The highest BCUT2D eigenvalue weighted by molar-refractivity contribution is 5.74. The van der Waals surface area contributed by atoms with Gasteiger partial charge in [0, 0.05) is 16.7 Å². The number of nitrogens with two attached hydrogens (primary N) is 1. The second kappa shape index (κ2) is 9.79. The lowest BCUT2D eigenvalue weighted by atomic mass is 9.85. The predicted octanol–water partition coefficient (Wildman–Crippen LogP) is 3.06. The van der Waals surface area contributed by atoms with Crippen molar-refractivity contribution >= 4 is 11.9 Å². The maximum Gasteiger partial charge on any atom is 0.304 e. The van der Waals surface area contributed by atoms with Crippen molar-refractivity contribution in [2.75, 3.05) is 12.8 Å². The summed E-state index contributed by atoms with van der Waals surface area (Å²) >= 11 is 0. The summed E-state index contributed by atoms with van der Waals surface area (Å²) in [6.45, 7) is 4.02. The van der Waals surface area contributed by atoms with Gasteiger partial charge in [0.1, 0.15) is 17.5 Å². The molecule has 4 rings (SSSR count). The summed E-state index contributed by atoms with van der Waals surface area (Å²) in [7, 11) is 1.49. The number of carboxylic acid groups (broad SMARTS) is 1. The molecule has 0 radical (unpaired) electrons. The molecule has 0 aliphatic heterocycles. The van der Waals surface area contributed by atoms with Gasteiger partial charge in [-0.05, 0) is 30.3 Å². The zero-order valence-corrected chi connectivity index (χ0v) is 20.0. The first-order valence-corrected chi connectivity index (χ1v) is 11.0. The van der Waals surface area contributed by atoms with Crippen LogP contribution < -0.4 is 10.5 Å². The first kappa shape index (κ1) is 24.3. The molecule has 182 valence electrons. The minimum Gasteiger partial charge on any atom is -0.495 e. The zero-order valence-electron chi connectivity index (χ0n) is 20.0. The number of aliphatic carboxylic acids is 1. The highest BCUT2D eigenvalue weighted by Gasteiger charge is 2.26. The van der Waals surface area contributed by atoms with Crippen molar-refractivity contribution in [3.63, 3.8) is 0 Å². The number of carboxylic acids is 1. The van der Waals surface area contributed by atoms with Crippen molar-refractivity contribution in [3.05, 3.63) is 65.6 Å². The van der Waals surface area contributed by atoms with Crippen LogP contribution in [-0.2, 0) is 16.8 Å². The molecule has 0 spiro atoms. The minimum atomic E-state index is -0.881. The molecule has 0 saturated carbocycles. The Morgan fingerprint density at radius 2 is 1.89 bits per heavy atom. The van der Waals surface area contributed by atoms with E-state index in [2.05, 4.69) is 31.3 Å². The largest absolute Gasteiger partial charge is 0.495 e. The lowest BCUT2D eigenvalue weighted by Gasteiger charge is -2.22. The van der Waals surface area contributed by atoms with E-state index in [0.29, 0.717) is 51.9 Å². The molecule has 36 heavy (non-hydrogen) atoms. The molecule has 0 bridgehead atoms. The molecule has 0 fully saturated rings. The number of anilines is 1. The van der Waals surface area contributed by atoms with Crippen LogP contribution in [0.25, 0.3) is 22.6 Å². The molecule has 0 amide bonds. The fourth-order valence-electron chi connectivity index (χ4n) is 3.85. The summed E-state index contributed by atoms with van der Waals surface area (Å²) in [5.41, 5.74) is 9.15. The average molecular weight is 485 g/mol. The second-order valence-corrected chi connectivity index (χ2v) is 8.76. The number of hydrogen-bond donors (Lipinski definition) is 2. The number of nitriles is 1. The lowest BCUT2D eigenvalue weighted by molar-refractivity contribution is -0.138. The highest BCUT2D eigenvalue weighted by atomic mass is 16.5. The molecule has 0 aliphatic rings. The molecular formula is C25H24N8O3. The number of nitrogens with zero attached hydrogens (tertiary/aromatic N) is 7. The molecule has 0 saturated heterocycles. The van der Waals surface area contributed by atoms with Gasteiger partial charge in [-0.3, -0.25) is 9.78 Å². The first-order chi connectivity index (χ1) is 17.2. The molecule has 3 heterocycles. The Kier molecular flexibility index (Phi) is 6.60. The summed E-state index contributed by atoms with van der Waals surface area (Å²) < 4.78 is 7.05. The van der Waals surface area contributed by atoms with Crippen molar-refractivity contribution in [1.29, 1.82) is 5.26 Å². The number of ether oxygens (including phenoxy) is 1. The molecule has 0 aliphatic carbocycles. The molecular weight excluding hydrogens is 460 g/mol. The van der Waals surface area contributed by atoms with E-state index in [1.807, 2.05) is 32.0 Å². The van der Waals surface area contributed by atoms with Crippen LogP contribution >= 0.6 is 0 Å². The van der Waals surface area contributed by atoms with Gasteiger partial charge >= 0.3 is 5.97 Å². The number of pyridine rings is 1. The van der Waals surface area contributed by atoms with Gasteiger partial charge in [-0.2, -0.15) is 5.26 Å². The molecule has 3 aromatic heterocycles. The average Bonchev–Trinajstić information content (AvgIpc) is 3.31. The standard InChI is InChI=1S/C25H24N8O3/c1-25(2,11-22(34)35)21-9-5-7-16(28-21)13-33-14-20(31-32-33)19-10-18(29-24(27)30-19)17-8-4-6-15(12-26)23(17)36-3/h4-10,14H,11,13H2,1-3H3,(H,34,35)(H2,27,29,30). The Morgan fingerprint density at radius 1 is 1.14 bits per heavy atom. The molecule has 3 N–H and O–H groups in total. The Labute approximate surface area is 207 Å². The normalized spacial score (nSPS) is 11.2. The summed E-state index contributed by atoms with van der Waals surface area (Å²) in [6, 6.07) is 14.5. The van der Waals surface area contributed by atoms with Crippen LogP contribution in [0.15, 0.2) is 48.7 Å². The van der Waals surface area contributed by atoms with Gasteiger partial charge in [0.15, 0.2) is 0 Å². The van der Waals surface area contributed by atoms with E-state index in [4.69, 9.17) is 10.5 Å². The van der Waals surface area contributed by atoms with Crippen molar-refractivity contribution in [2.45, 2.75) is 32.2 Å². The first-order valence-electron chi connectivity index (χ1n) is 11.0. The highest BCUT2D eigenvalue weighted by Crippen LogP contribution is 2.33. The lowest BCUT2D eigenvalue weighted by Crippen LogP contribution is -2.23. The second-order valence-electron chi connectivity index (χ2n) is 8.76. The van der Waals surface area contributed by atoms with Gasteiger partial charge < -0.3 is 15.6 Å². The molecule has 4 aromatic rings. The fraction of sp³-hybridized carbons (Fsp3) is 0.240. The minimum absolute atomic E-state index is 0.0313. The van der Waals surface area contributed by atoms with Gasteiger partial charge in [0.2, 0.25) is 5.95 Å². The summed E-state index contributed by atoms with van der Waals surface area (Å²) in [4.78, 5) is 24.5. The number of aromatic nitrogens is 6. The molecule has 0 atom stereocenters. The maximum atomic E-state index is 11.2. The van der Waals surface area contributed by atoms with Crippen LogP contribution in [0.4, 0.5) is 5.95 Å². The van der Waals surface area contributed by atoms with E-state index in [0.717, 1.165) is 0 Å². The van der Waals surface area contributed by atoms with Crippen LogP contribution in [-0.4, -0.2) is 48.1 Å². The number of para-hydroxylation sites is 1. The number of hydrogen-bond acceptors (Lipinski definition) is 9. The van der Waals surface area contributed by atoms with Crippen LogP contribution in [0.2, 0.25) is 0 Å². The molecule has 11 nitrogen and oxygen atoms in total. The van der Waals surface area contributed by atoms with Crippen LogP contribution in [0.1, 0.15) is 37.2 Å². The molecule has 0 unspecified atom stereocenters. The third-order valence-corrected chi connectivity index (χ3v) is 5.58. The van der Waals surface area contributed by atoms with E-state index in [9.17, 15) is 15.2 Å². The zero-order chi connectivity index (χ0) is 25.9. The van der Waals surface area contributed by atoms with Gasteiger partial charge in [0.25, 0.3) is 0 Å². The molecule has 11 heteroatoms. The third-order valence-electron chi connectivity index (χ3n) is 5.58. The van der Waals surface area contributed by atoms with Crippen molar-refractivity contribution in [3.8, 4) is 34.5 Å². The van der Waals surface area contributed by atoms with E-state index < -0.39 is 11.4 Å². The van der Waals surface area contributed by atoms with E-state index >= 15 is 0 Å². The number of methoxy groups -OCH3 is 1. The van der Waals surface area contributed by atoms with Crippen molar-refractivity contribution < 1.29 is 14.6 Å². The van der Waals surface area contributed by atoms with Gasteiger partial charge in [-0.15, -0.1) is 5.10 Å². The number of carbonyl (C=O) groups is 1. The maximum absolute atomic E-state index is 11.2. The van der Waals surface area contributed by atoms with Crippen LogP contribution in [0.3, 0.4) is 0 Å². The number of rotatable bonds is 8. The van der Waals surface area contributed by atoms with Gasteiger partial charge in [-0.25, -0.2) is 14.6 Å². The van der Waals surface area contributed by atoms with Crippen molar-refractivity contribution in [2.24, 2.45) is 0 Å². The quantitative estimate of drug-likeness (QED) is 0.379. The van der Waals surface area contributed by atoms with Gasteiger partial charge in [0.05, 0.1) is 48.9 Å². The SMILES string of the molecule is COc1c(C#N)cccc1-c1cc(-c2cn(Cc3cccc(C(C)(C)CC(=O)O)n3)nn2)nc(N)n1. The number of nitrogen functional groups attached to an aromatic ring is 1. The summed E-state index contributed by atoms with van der Waals surface area (Å²) in [5, 5.41) is 27.0. The fourth-order valence-corrected chi connectivity index (χ4v) is 3.85. The van der Waals surface area contributed by atoms with Crippen LogP contribution in [0.5, 0.6) is 5.75 Å². The topological polar surface area (TPSA) is 166 Å². The smallest absolute Gasteiger partial charge is 0.304 e. The Bertz CT molecular complexity index is 1470. The van der Waals surface area contributed by atoms with Gasteiger partial charge in [-0.1, -0.05) is 31.2 Å². The summed E-state index contributed by atoms with van der Waals surface area (Å²) in [6.07, 6.45) is 1.68. The molecule has 1 aromatic carbocycles. The Morgan fingerprint density at radius 3 is 2.61 bits per heavy atom. The Balaban J connectivity index is 1.63. The van der Waals surface area contributed by atoms with Crippen LogP contribution in [0, 0.1) is 11.3 Å². The monoisotopic (exact) mass is 484 g/mol. The van der Waals surface area contributed by atoms with E-state index in [1.165, 1.54) is 7.11 Å².